The maximum Gasteiger partial charge on any atom is 0.269 e. The maximum absolute atomic E-state index is 15.0. The lowest BCUT2D eigenvalue weighted by Crippen LogP contribution is -2.03. The van der Waals surface area contributed by atoms with E-state index >= 15 is 0 Å². The average molecular weight is 564 g/mol. The van der Waals surface area contributed by atoms with Gasteiger partial charge in [-0.15, -0.1) is 0 Å². The summed E-state index contributed by atoms with van der Waals surface area (Å²) < 4.78 is 125. The van der Waals surface area contributed by atoms with Gasteiger partial charge in [-0.25, -0.2) is 39.5 Å². The first-order chi connectivity index (χ1) is 19.0. The molecule has 0 radical (unpaired) electrons. The summed E-state index contributed by atoms with van der Waals surface area (Å²) in [5, 5.41) is 0. The van der Waals surface area contributed by atoms with Crippen LogP contribution in [0.1, 0.15) is 42.0 Å². The number of aryl methyl sites for hydroxylation is 1. The number of hydrogen-bond donors (Lipinski definition) is 0. The van der Waals surface area contributed by atoms with Crippen LogP contribution in [0.25, 0.3) is 28.1 Å². The number of benzene rings is 4. The van der Waals surface area contributed by atoms with Crippen molar-refractivity contribution in [1.29, 1.82) is 0 Å². The van der Waals surface area contributed by atoms with E-state index in [2.05, 4.69) is 0 Å². The van der Waals surface area contributed by atoms with Crippen molar-refractivity contribution in [3.8, 4) is 22.3 Å². The lowest BCUT2D eigenvalue weighted by molar-refractivity contribution is 0.141. The third-order valence-corrected chi connectivity index (χ3v) is 6.46. The summed E-state index contributed by atoms with van der Waals surface area (Å²) in [7, 11) is 0. The first-order valence-electron chi connectivity index (χ1n) is 12.2. The van der Waals surface area contributed by atoms with Crippen LogP contribution in [0.15, 0.2) is 72.6 Å². The molecular formula is C31H21F9. The van der Waals surface area contributed by atoms with Crippen LogP contribution in [-0.2, 0) is 12.8 Å². The zero-order valence-electron chi connectivity index (χ0n) is 21.0. The van der Waals surface area contributed by atoms with E-state index in [1.165, 1.54) is 43.3 Å². The Morgan fingerprint density at radius 1 is 0.625 bits per heavy atom. The Hall–Kier alpha value is -4.01. The van der Waals surface area contributed by atoms with Gasteiger partial charge in [0.15, 0.2) is 5.83 Å². The summed E-state index contributed by atoms with van der Waals surface area (Å²) in [5.74, 6) is -7.61. The third-order valence-electron chi connectivity index (χ3n) is 6.46. The number of alkyl halides is 2. The Bertz CT molecular complexity index is 1520. The first kappa shape index (κ1) is 29.0. The van der Waals surface area contributed by atoms with Crippen LogP contribution in [0, 0.1) is 29.1 Å². The van der Waals surface area contributed by atoms with Gasteiger partial charge in [0, 0.05) is 16.7 Å². The van der Waals surface area contributed by atoms with E-state index in [0.717, 1.165) is 18.2 Å². The molecule has 0 heterocycles. The highest BCUT2D eigenvalue weighted by molar-refractivity contribution is 5.73. The van der Waals surface area contributed by atoms with E-state index in [0.29, 0.717) is 23.3 Å². The molecule has 4 aromatic carbocycles. The van der Waals surface area contributed by atoms with Gasteiger partial charge in [0.1, 0.15) is 34.9 Å². The van der Waals surface area contributed by atoms with Crippen molar-refractivity contribution in [3.05, 3.63) is 124 Å². The molecule has 0 unspecified atom stereocenters. The van der Waals surface area contributed by atoms with Gasteiger partial charge in [0.05, 0.1) is 5.56 Å². The topological polar surface area (TPSA) is 0 Å². The minimum atomic E-state index is -3.35. The smallest absolute Gasteiger partial charge is 0.209 e. The molecule has 0 aliphatic carbocycles. The lowest BCUT2D eigenvalue weighted by Gasteiger charge is -2.12. The predicted molar refractivity (Wildman–Crippen MR) is 135 cm³/mol. The van der Waals surface area contributed by atoms with Crippen LogP contribution >= 0.6 is 0 Å². The Morgan fingerprint density at radius 2 is 1.18 bits per heavy atom. The zero-order chi connectivity index (χ0) is 29.1. The van der Waals surface area contributed by atoms with Gasteiger partial charge in [0.2, 0.25) is 0 Å². The second-order valence-corrected chi connectivity index (χ2v) is 9.04. The molecule has 4 aromatic rings. The highest BCUT2D eigenvalue weighted by Gasteiger charge is 2.21. The fourth-order valence-electron chi connectivity index (χ4n) is 4.31. The van der Waals surface area contributed by atoms with E-state index in [-0.39, 0.29) is 41.5 Å². The van der Waals surface area contributed by atoms with Crippen molar-refractivity contribution in [1.82, 2.24) is 0 Å². The van der Waals surface area contributed by atoms with Crippen LogP contribution < -0.4 is 0 Å². The van der Waals surface area contributed by atoms with Crippen molar-refractivity contribution in [2.24, 2.45) is 0 Å². The van der Waals surface area contributed by atoms with Gasteiger partial charge in [0.25, 0.3) is 6.43 Å². The minimum absolute atomic E-state index is 0.0340. The monoisotopic (exact) mass is 564 g/mol. The molecule has 0 nitrogen and oxygen atoms in total. The van der Waals surface area contributed by atoms with Gasteiger partial charge in [-0.1, -0.05) is 43.3 Å². The van der Waals surface area contributed by atoms with Gasteiger partial charge in [-0.2, -0.15) is 0 Å². The van der Waals surface area contributed by atoms with Crippen LogP contribution in [0.5, 0.6) is 0 Å². The van der Waals surface area contributed by atoms with E-state index in [1.54, 1.807) is 0 Å². The molecule has 0 N–H and O–H groups in total. The van der Waals surface area contributed by atoms with Crippen LogP contribution in [-0.4, -0.2) is 0 Å². The molecule has 0 amide bonds. The molecule has 0 spiro atoms. The fraction of sp³-hybridized carbons (Fsp3) is 0.161. The number of halogens is 9. The number of hydrogen-bond acceptors (Lipinski definition) is 0. The summed E-state index contributed by atoms with van der Waals surface area (Å²) in [5.41, 5.74) is -1.12. The molecule has 0 atom stereocenters. The van der Waals surface area contributed by atoms with Crippen molar-refractivity contribution in [3.63, 3.8) is 0 Å². The highest BCUT2D eigenvalue weighted by Crippen LogP contribution is 2.32. The average Bonchev–Trinajstić information content (AvgIpc) is 2.91. The third kappa shape index (κ3) is 6.08. The lowest BCUT2D eigenvalue weighted by atomic mass is 9.96. The molecule has 0 saturated carbocycles. The summed E-state index contributed by atoms with van der Waals surface area (Å²) in [6.07, 6.45) is -4.02. The van der Waals surface area contributed by atoms with Crippen LogP contribution in [0.2, 0.25) is 0 Å². The SMILES string of the molecule is CC/C(F)=C(\F)c1ccc(-c2ccc(-c3cc(F)c(CCc4cc(F)c(C(F)F)c(F)c4)c(F)c3)c(F)c2)cc1. The quantitative estimate of drug-likeness (QED) is 0.187. The molecule has 0 fully saturated rings. The Kier molecular flexibility index (Phi) is 8.71. The van der Waals surface area contributed by atoms with Crippen LogP contribution in [0.3, 0.4) is 0 Å². The number of rotatable bonds is 8. The normalized spacial score (nSPS) is 12.2. The molecule has 4 rings (SSSR count). The Morgan fingerprint density at radius 3 is 1.70 bits per heavy atom. The Balaban J connectivity index is 1.55. The predicted octanol–water partition coefficient (Wildman–Crippen LogP) is 10.5. The molecule has 0 aliphatic heterocycles. The van der Waals surface area contributed by atoms with Crippen molar-refractivity contribution in [2.75, 3.05) is 0 Å². The zero-order valence-corrected chi connectivity index (χ0v) is 21.0. The van der Waals surface area contributed by atoms with E-state index in [9.17, 15) is 39.5 Å². The second-order valence-electron chi connectivity index (χ2n) is 9.04. The summed E-state index contributed by atoms with van der Waals surface area (Å²) in [4.78, 5) is 0. The van der Waals surface area contributed by atoms with Crippen molar-refractivity contribution in [2.45, 2.75) is 32.6 Å². The maximum atomic E-state index is 15.0. The van der Waals surface area contributed by atoms with E-state index in [1.807, 2.05) is 0 Å². The van der Waals surface area contributed by atoms with Gasteiger partial charge < -0.3 is 0 Å². The fourth-order valence-corrected chi connectivity index (χ4v) is 4.31. The standard InChI is InChI=1S/C31H21F9/c1-2-23(32)30(38)18-6-4-17(5-7-18)19-8-10-21(24(33)13-19)20-14-25(34)22(26(35)15-20)9-3-16-11-27(36)29(31(39)40)28(37)12-16/h4-8,10-15,31H,2-3,9H2,1H3/b30-23+. The highest BCUT2D eigenvalue weighted by atomic mass is 19.3. The van der Waals surface area contributed by atoms with Crippen molar-refractivity contribution < 1.29 is 39.5 Å². The first-order valence-corrected chi connectivity index (χ1v) is 12.2. The number of allylic oxidation sites excluding steroid dienone is 1. The van der Waals surface area contributed by atoms with E-state index in [4.69, 9.17) is 0 Å². The largest absolute Gasteiger partial charge is 0.269 e. The molecule has 0 aromatic heterocycles. The van der Waals surface area contributed by atoms with Gasteiger partial charge >= 0.3 is 0 Å². The van der Waals surface area contributed by atoms with Gasteiger partial charge in [-0.05, 0) is 71.8 Å². The molecule has 0 saturated heterocycles. The van der Waals surface area contributed by atoms with E-state index < -0.39 is 58.3 Å². The minimum Gasteiger partial charge on any atom is -0.209 e. The second kappa shape index (κ2) is 12.0. The Labute approximate surface area is 224 Å². The molecule has 0 aliphatic rings. The van der Waals surface area contributed by atoms with Crippen LogP contribution in [0.4, 0.5) is 39.5 Å². The molecule has 9 heteroatoms. The summed E-state index contributed by atoms with van der Waals surface area (Å²) in [6.45, 7) is 1.48. The molecule has 40 heavy (non-hydrogen) atoms. The molecule has 0 bridgehead atoms. The molecular weight excluding hydrogens is 543 g/mol. The summed E-state index contributed by atoms with van der Waals surface area (Å²) >= 11 is 0. The summed E-state index contributed by atoms with van der Waals surface area (Å²) in [6, 6.07) is 12.9. The van der Waals surface area contributed by atoms with Crippen molar-refractivity contribution >= 4 is 5.83 Å². The molecule has 208 valence electrons. The van der Waals surface area contributed by atoms with Gasteiger partial charge in [-0.3, -0.25) is 0 Å².